The third-order valence-electron chi connectivity index (χ3n) is 4.08. The van der Waals surface area contributed by atoms with Gasteiger partial charge in [0.05, 0.1) is 5.39 Å². The van der Waals surface area contributed by atoms with Crippen LogP contribution in [0.2, 0.25) is 0 Å². The van der Waals surface area contributed by atoms with Gasteiger partial charge < -0.3 is 10.6 Å². The van der Waals surface area contributed by atoms with E-state index in [1.807, 2.05) is 5.38 Å². The molecule has 1 aliphatic rings. The van der Waals surface area contributed by atoms with Crippen LogP contribution in [0.4, 0.5) is 11.8 Å². The SMILES string of the molecule is Nc1nc(N2CCC(c3ccccc3)C2)c2ccsc2n1. The zero-order chi connectivity index (χ0) is 14.2. The van der Waals surface area contributed by atoms with Crippen molar-refractivity contribution in [3.8, 4) is 0 Å². The zero-order valence-electron chi connectivity index (χ0n) is 11.6. The predicted octanol–water partition coefficient (Wildman–Crippen LogP) is 3.27. The monoisotopic (exact) mass is 296 g/mol. The van der Waals surface area contributed by atoms with Crippen molar-refractivity contribution in [3.05, 3.63) is 47.3 Å². The van der Waals surface area contributed by atoms with Crippen LogP contribution in [0.1, 0.15) is 17.9 Å². The number of rotatable bonds is 2. The van der Waals surface area contributed by atoms with E-state index >= 15 is 0 Å². The normalized spacial score (nSPS) is 18.5. The number of nitrogens with zero attached hydrogens (tertiary/aromatic N) is 3. The summed E-state index contributed by atoms with van der Waals surface area (Å²) in [5.41, 5.74) is 7.26. The highest BCUT2D eigenvalue weighted by Gasteiger charge is 2.26. The van der Waals surface area contributed by atoms with Crippen LogP contribution >= 0.6 is 11.3 Å². The summed E-state index contributed by atoms with van der Waals surface area (Å²) in [5.74, 6) is 1.91. The molecule has 1 unspecified atom stereocenters. The topological polar surface area (TPSA) is 55.0 Å². The Morgan fingerprint density at radius 2 is 2.00 bits per heavy atom. The van der Waals surface area contributed by atoms with E-state index < -0.39 is 0 Å². The lowest BCUT2D eigenvalue weighted by Crippen LogP contribution is -2.21. The number of aromatic nitrogens is 2. The standard InChI is InChI=1S/C16H16N4S/c17-16-18-14(13-7-9-21-15(13)19-16)20-8-6-12(10-20)11-4-2-1-3-5-11/h1-5,7,9,12H,6,8,10H2,(H2,17,18,19). The molecule has 1 aromatic carbocycles. The second kappa shape index (κ2) is 5.00. The van der Waals surface area contributed by atoms with Gasteiger partial charge in [0.15, 0.2) is 0 Å². The van der Waals surface area contributed by atoms with Gasteiger partial charge in [-0.3, -0.25) is 0 Å². The Morgan fingerprint density at radius 1 is 1.14 bits per heavy atom. The van der Waals surface area contributed by atoms with E-state index in [0.29, 0.717) is 11.9 Å². The number of hydrogen-bond donors (Lipinski definition) is 1. The Kier molecular flexibility index (Phi) is 3.00. The average Bonchev–Trinajstić information content (AvgIpc) is 3.16. The smallest absolute Gasteiger partial charge is 0.223 e. The van der Waals surface area contributed by atoms with Crippen molar-refractivity contribution < 1.29 is 0 Å². The molecule has 4 nitrogen and oxygen atoms in total. The highest BCUT2D eigenvalue weighted by atomic mass is 32.1. The number of fused-ring (bicyclic) bond motifs is 1. The summed E-state index contributed by atoms with van der Waals surface area (Å²) in [4.78, 5) is 12.1. The fourth-order valence-corrected chi connectivity index (χ4v) is 3.81. The Bertz CT molecular complexity index is 768. The summed E-state index contributed by atoms with van der Waals surface area (Å²) in [6.07, 6.45) is 1.15. The summed E-state index contributed by atoms with van der Waals surface area (Å²) < 4.78 is 0. The van der Waals surface area contributed by atoms with Crippen LogP contribution in [-0.4, -0.2) is 23.1 Å². The number of anilines is 2. The second-order valence-corrected chi connectivity index (χ2v) is 6.28. The van der Waals surface area contributed by atoms with Crippen LogP contribution in [-0.2, 0) is 0 Å². The molecule has 1 aliphatic heterocycles. The van der Waals surface area contributed by atoms with Gasteiger partial charge in [-0.1, -0.05) is 30.3 Å². The van der Waals surface area contributed by atoms with Crippen molar-refractivity contribution in [2.24, 2.45) is 0 Å². The largest absolute Gasteiger partial charge is 0.368 e. The molecular weight excluding hydrogens is 280 g/mol. The van der Waals surface area contributed by atoms with Crippen LogP contribution in [0.15, 0.2) is 41.8 Å². The lowest BCUT2D eigenvalue weighted by atomic mass is 9.99. The summed E-state index contributed by atoms with van der Waals surface area (Å²) in [6, 6.07) is 12.8. The molecule has 0 aliphatic carbocycles. The third kappa shape index (κ3) is 2.23. The summed E-state index contributed by atoms with van der Waals surface area (Å²) in [6.45, 7) is 2.01. The summed E-state index contributed by atoms with van der Waals surface area (Å²) >= 11 is 1.61. The Balaban J connectivity index is 1.67. The van der Waals surface area contributed by atoms with Crippen LogP contribution in [0.25, 0.3) is 10.2 Å². The highest BCUT2D eigenvalue weighted by Crippen LogP contribution is 2.34. The first-order valence-electron chi connectivity index (χ1n) is 7.12. The van der Waals surface area contributed by atoms with Gasteiger partial charge in [-0.2, -0.15) is 4.98 Å². The molecule has 2 aromatic heterocycles. The van der Waals surface area contributed by atoms with E-state index in [1.54, 1.807) is 11.3 Å². The molecule has 0 amide bonds. The maximum atomic E-state index is 5.86. The predicted molar refractivity (Wildman–Crippen MR) is 87.8 cm³/mol. The Morgan fingerprint density at radius 3 is 2.86 bits per heavy atom. The van der Waals surface area contributed by atoms with Crippen molar-refractivity contribution in [1.29, 1.82) is 0 Å². The molecule has 3 heterocycles. The van der Waals surface area contributed by atoms with Gasteiger partial charge in [-0.15, -0.1) is 11.3 Å². The molecule has 5 heteroatoms. The Hall–Kier alpha value is -2.14. The molecule has 4 rings (SSSR count). The van der Waals surface area contributed by atoms with Crippen LogP contribution in [0.3, 0.4) is 0 Å². The highest BCUT2D eigenvalue weighted by molar-refractivity contribution is 7.16. The zero-order valence-corrected chi connectivity index (χ0v) is 12.4. The average molecular weight is 296 g/mol. The number of thiophene rings is 1. The van der Waals surface area contributed by atoms with Gasteiger partial charge in [0, 0.05) is 19.0 Å². The fraction of sp³-hybridized carbons (Fsp3) is 0.250. The maximum Gasteiger partial charge on any atom is 0.223 e. The molecule has 0 saturated carbocycles. The van der Waals surface area contributed by atoms with Gasteiger partial charge in [0.1, 0.15) is 10.6 Å². The minimum atomic E-state index is 0.364. The molecule has 3 aromatic rings. The first kappa shape index (κ1) is 12.6. The van der Waals surface area contributed by atoms with E-state index in [4.69, 9.17) is 5.73 Å². The van der Waals surface area contributed by atoms with E-state index in [2.05, 4.69) is 51.3 Å². The van der Waals surface area contributed by atoms with Crippen LogP contribution < -0.4 is 10.6 Å². The fourth-order valence-electron chi connectivity index (χ4n) is 3.05. The number of nitrogens with two attached hydrogens (primary N) is 1. The van der Waals surface area contributed by atoms with Gasteiger partial charge >= 0.3 is 0 Å². The molecule has 2 N–H and O–H groups in total. The quantitative estimate of drug-likeness (QED) is 0.788. The van der Waals surface area contributed by atoms with E-state index in [9.17, 15) is 0 Å². The van der Waals surface area contributed by atoms with Crippen molar-refractivity contribution in [2.45, 2.75) is 12.3 Å². The minimum Gasteiger partial charge on any atom is -0.368 e. The van der Waals surface area contributed by atoms with Gasteiger partial charge in [-0.05, 0) is 23.4 Å². The summed E-state index contributed by atoms with van der Waals surface area (Å²) in [7, 11) is 0. The molecule has 106 valence electrons. The van der Waals surface area contributed by atoms with Crippen molar-refractivity contribution in [2.75, 3.05) is 23.7 Å². The number of hydrogen-bond acceptors (Lipinski definition) is 5. The number of nitrogen functional groups attached to an aromatic ring is 1. The van der Waals surface area contributed by atoms with Crippen LogP contribution in [0, 0.1) is 0 Å². The van der Waals surface area contributed by atoms with Gasteiger partial charge in [-0.25, -0.2) is 4.98 Å². The van der Waals surface area contributed by atoms with Crippen molar-refractivity contribution in [3.63, 3.8) is 0 Å². The number of benzene rings is 1. The van der Waals surface area contributed by atoms with Crippen molar-refractivity contribution >= 4 is 33.3 Å². The maximum absolute atomic E-state index is 5.86. The minimum absolute atomic E-state index is 0.364. The molecule has 0 bridgehead atoms. The van der Waals surface area contributed by atoms with E-state index in [-0.39, 0.29) is 0 Å². The molecule has 0 spiro atoms. The Labute approximate surface area is 127 Å². The third-order valence-corrected chi connectivity index (χ3v) is 4.89. The van der Waals surface area contributed by atoms with Gasteiger partial charge in [0.2, 0.25) is 5.95 Å². The molecule has 0 radical (unpaired) electrons. The molecule has 1 atom stereocenters. The lowest BCUT2D eigenvalue weighted by molar-refractivity contribution is 0.774. The first-order chi connectivity index (χ1) is 10.3. The van der Waals surface area contributed by atoms with E-state index in [0.717, 1.165) is 35.5 Å². The summed E-state index contributed by atoms with van der Waals surface area (Å²) in [5, 5.41) is 3.16. The lowest BCUT2D eigenvalue weighted by Gasteiger charge is -2.18. The molecule has 21 heavy (non-hydrogen) atoms. The second-order valence-electron chi connectivity index (χ2n) is 5.39. The first-order valence-corrected chi connectivity index (χ1v) is 8.00. The van der Waals surface area contributed by atoms with E-state index in [1.165, 1.54) is 5.56 Å². The van der Waals surface area contributed by atoms with Crippen molar-refractivity contribution in [1.82, 2.24) is 9.97 Å². The molecule has 1 fully saturated rings. The van der Waals surface area contributed by atoms with Gasteiger partial charge in [0.25, 0.3) is 0 Å². The molecule has 1 saturated heterocycles. The van der Waals surface area contributed by atoms with Crippen LogP contribution in [0.5, 0.6) is 0 Å². The molecular formula is C16H16N4S.